The van der Waals surface area contributed by atoms with Crippen LogP contribution >= 0.6 is 11.8 Å². The van der Waals surface area contributed by atoms with Crippen LogP contribution in [0.25, 0.3) is 0 Å². The smallest absolute Gasteiger partial charge is 0.446 e. The molecule has 6 nitrogen and oxygen atoms in total. The monoisotopic (exact) mass is 386 g/mol. The van der Waals surface area contributed by atoms with Crippen LogP contribution in [0.5, 0.6) is 0 Å². The van der Waals surface area contributed by atoms with Crippen molar-refractivity contribution >= 4 is 34.5 Å². The first-order chi connectivity index (χ1) is 12.3. The first-order valence-corrected chi connectivity index (χ1v) is 8.77. The third kappa shape index (κ3) is 2.63. The van der Waals surface area contributed by atoms with Gasteiger partial charge < -0.3 is 9.64 Å². The van der Waals surface area contributed by atoms with Gasteiger partial charge in [0.2, 0.25) is 5.96 Å². The number of rotatable bonds is 3. The molecule has 2 heterocycles. The summed E-state index contributed by atoms with van der Waals surface area (Å²) in [5, 5.41) is 0.0471. The Balaban J connectivity index is 2.26. The zero-order chi connectivity index (χ0) is 19.1. The quantitative estimate of drug-likeness (QED) is 0.748. The molecule has 0 bridgehead atoms. The summed E-state index contributed by atoms with van der Waals surface area (Å²) < 4.78 is 46.1. The van der Waals surface area contributed by atoms with Crippen LogP contribution in [-0.4, -0.2) is 54.0 Å². The molecular weight excluding hydrogens is 369 g/mol. The summed E-state index contributed by atoms with van der Waals surface area (Å²) in [7, 11) is 0.894. The Morgan fingerprint density at radius 2 is 1.92 bits per heavy atom. The molecule has 10 heteroatoms. The Morgan fingerprint density at radius 1 is 1.27 bits per heavy atom. The number of methoxy groups -OCH3 is 1. The molecule has 0 saturated carbocycles. The predicted octanol–water partition coefficient (Wildman–Crippen LogP) is 3.10. The van der Waals surface area contributed by atoms with Crippen molar-refractivity contribution in [3.05, 3.63) is 24.3 Å². The van der Waals surface area contributed by atoms with E-state index in [4.69, 9.17) is 0 Å². The maximum Gasteiger partial charge on any atom is 0.446 e. The second kappa shape index (κ2) is 6.49. The molecule has 1 aromatic rings. The molecule has 0 N–H and O–H groups in total. The van der Waals surface area contributed by atoms with E-state index in [0.29, 0.717) is 18.8 Å². The minimum absolute atomic E-state index is 0.0279. The molecule has 2 aliphatic rings. The number of alkyl halides is 3. The molecule has 0 aliphatic carbocycles. The zero-order valence-corrected chi connectivity index (χ0v) is 15.2. The van der Waals surface area contributed by atoms with Gasteiger partial charge in [0.1, 0.15) is 0 Å². The van der Waals surface area contributed by atoms with Crippen LogP contribution in [0.2, 0.25) is 0 Å². The summed E-state index contributed by atoms with van der Waals surface area (Å²) >= 11 is 1.07. The first kappa shape index (κ1) is 18.6. The van der Waals surface area contributed by atoms with Gasteiger partial charge in [-0.1, -0.05) is 12.1 Å². The van der Waals surface area contributed by atoms with Crippen molar-refractivity contribution in [2.24, 2.45) is 9.98 Å². The summed E-state index contributed by atoms with van der Waals surface area (Å²) in [6.07, 6.45) is -5.03. The minimum atomic E-state index is -5.03. The number of hydrogen-bond donors (Lipinski definition) is 0. The molecule has 0 unspecified atom stereocenters. The Morgan fingerprint density at radius 3 is 2.50 bits per heavy atom. The van der Waals surface area contributed by atoms with Crippen molar-refractivity contribution in [3.8, 4) is 0 Å². The van der Waals surface area contributed by atoms with E-state index in [1.54, 1.807) is 47.9 Å². The normalized spacial score (nSPS) is 21.5. The first-order valence-electron chi connectivity index (χ1n) is 7.95. The van der Waals surface area contributed by atoms with Crippen molar-refractivity contribution in [2.45, 2.75) is 30.6 Å². The molecular formula is C16H17F3N4O2S. The van der Waals surface area contributed by atoms with E-state index in [0.717, 1.165) is 23.8 Å². The highest BCUT2D eigenvalue weighted by Gasteiger charge is 2.65. The Labute approximate surface area is 152 Å². The lowest BCUT2D eigenvalue weighted by molar-refractivity contribution is -0.201. The summed E-state index contributed by atoms with van der Waals surface area (Å²) in [4.78, 5) is 23.6. The maximum atomic E-state index is 13.9. The number of para-hydroxylation sites is 1. The molecule has 1 atom stereocenters. The van der Waals surface area contributed by atoms with E-state index in [9.17, 15) is 18.0 Å². The topological polar surface area (TPSA) is 57.5 Å². The van der Waals surface area contributed by atoms with Gasteiger partial charge in [-0.2, -0.15) is 13.2 Å². The second-order valence-corrected chi connectivity index (χ2v) is 6.55. The van der Waals surface area contributed by atoms with Crippen molar-refractivity contribution in [3.63, 3.8) is 0 Å². The number of halogens is 3. The standard InChI is InChI=1S/C16H17F3N4O2S/c1-4-22(5-2)13-20-15(12(24)25-3,16(17,18)19)21-14-23(13)10-8-6-7-9-11(10)26-14/h6-9H,4-5H2,1-3H3/t15-/m0/s1. The van der Waals surface area contributed by atoms with Crippen molar-refractivity contribution < 1.29 is 22.7 Å². The largest absolute Gasteiger partial charge is 0.465 e. The van der Waals surface area contributed by atoms with Crippen molar-refractivity contribution in [1.82, 2.24) is 4.90 Å². The number of hydrogen-bond acceptors (Lipinski definition) is 7. The van der Waals surface area contributed by atoms with Gasteiger partial charge in [0, 0.05) is 18.0 Å². The van der Waals surface area contributed by atoms with Gasteiger partial charge in [0.05, 0.1) is 12.8 Å². The SMILES string of the molecule is CCN(CC)C1=N[C@](C(=O)OC)(C(F)(F)F)N=C2Sc3ccccc3N21. The molecule has 26 heavy (non-hydrogen) atoms. The number of esters is 1. The van der Waals surface area contributed by atoms with Crippen LogP contribution in [-0.2, 0) is 9.53 Å². The van der Waals surface area contributed by atoms with Gasteiger partial charge in [-0.05, 0) is 37.7 Å². The molecule has 0 aromatic heterocycles. The van der Waals surface area contributed by atoms with E-state index in [1.165, 1.54) is 0 Å². The molecule has 0 radical (unpaired) electrons. The van der Waals surface area contributed by atoms with E-state index >= 15 is 0 Å². The fraction of sp³-hybridized carbons (Fsp3) is 0.438. The number of carbonyl (C=O) groups is 1. The highest BCUT2D eigenvalue weighted by molar-refractivity contribution is 8.15. The number of anilines is 1. The van der Waals surface area contributed by atoms with E-state index < -0.39 is 17.8 Å². The third-order valence-electron chi connectivity index (χ3n) is 4.13. The molecule has 0 spiro atoms. The Bertz CT molecular complexity index is 792. The van der Waals surface area contributed by atoms with Crippen LogP contribution in [0.3, 0.4) is 0 Å². The summed E-state index contributed by atoms with van der Waals surface area (Å²) in [5.74, 6) is -1.53. The lowest BCUT2D eigenvalue weighted by atomic mass is 10.1. The molecule has 0 saturated heterocycles. The summed E-state index contributed by atoms with van der Waals surface area (Å²) in [5.41, 5.74) is -2.62. The summed E-state index contributed by atoms with van der Waals surface area (Å²) in [6.45, 7) is 4.45. The molecule has 3 rings (SSSR count). The van der Waals surface area contributed by atoms with Gasteiger partial charge >= 0.3 is 17.8 Å². The Hall–Kier alpha value is -2.23. The number of benzene rings is 1. The van der Waals surface area contributed by atoms with E-state index in [1.807, 2.05) is 0 Å². The predicted molar refractivity (Wildman–Crippen MR) is 93.4 cm³/mol. The summed E-state index contributed by atoms with van der Waals surface area (Å²) in [6, 6.07) is 7.14. The fourth-order valence-corrected chi connectivity index (χ4v) is 3.85. The number of aliphatic imine (C=N–C) groups is 2. The highest BCUT2D eigenvalue weighted by atomic mass is 32.2. The van der Waals surface area contributed by atoms with Gasteiger partial charge in [-0.3, -0.25) is 4.90 Å². The van der Waals surface area contributed by atoms with Crippen LogP contribution < -0.4 is 4.90 Å². The maximum absolute atomic E-state index is 13.9. The highest BCUT2D eigenvalue weighted by Crippen LogP contribution is 2.47. The average molecular weight is 386 g/mol. The lowest BCUT2D eigenvalue weighted by Crippen LogP contribution is -2.58. The third-order valence-corrected chi connectivity index (χ3v) is 5.15. The molecule has 2 aliphatic heterocycles. The van der Waals surface area contributed by atoms with Crippen molar-refractivity contribution in [2.75, 3.05) is 25.1 Å². The number of ether oxygens (including phenoxy) is 1. The molecule has 140 valence electrons. The number of amidine groups is 1. The van der Waals surface area contributed by atoms with Gasteiger partial charge in [-0.25, -0.2) is 14.8 Å². The molecule has 0 amide bonds. The van der Waals surface area contributed by atoms with Crippen molar-refractivity contribution in [1.29, 1.82) is 0 Å². The van der Waals surface area contributed by atoms with Crippen LogP contribution in [0.4, 0.5) is 18.9 Å². The second-order valence-electron chi connectivity index (χ2n) is 5.55. The van der Waals surface area contributed by atoms with Crippen LogP contribution in [0.15, 0.2) is 39.1 Å². The number of carbonyl (C=O) groups excluding carboxylic acids is 1. The molecule has 1 aromatic carbocycles. The van der Waals surface area contributed by atoms with Gasteiger partial charge in [0.25, 0.3) is 0 Å². The van der Waals surface area contributed by atoms with Gasteiger partial charge in [-0.15, -0.1) is 0 Å². The number of nitrogens with zero attached hydrogens (tertiary/aromatic N) is 4. The minimum Gasteiger partial charge on any atom is -0.465 e. The van der Waals surface area contributed by atoms with Gasteiger partial charge in [0.15, 0.2) is 5.17 Å². The van der Waals surface area contributed by atoms with Crippen LogP contribution in [0, 0.1) is 0 Å². The average Bonchev–Trinajstić information content (AvgIpc) is 2.99. The van der Waals surface area contributed by atoms with Crippen LogP contribution in [0.1, 0.15) is 13.8 Å². The molecule has 0 fully saturated rings. The van der Waals surface area contributed by atoms with E-state index in [2.05, 4.69) is 14.7 Å². The Kier molecular flexibility index (Phi) is 4.63. The fourth-order valence-electron chi connectivity index (χ4n) is 2.79. The number of fused-ring (bicyclic) bond motifs is 3. The van der Waals surface area contributed by atoms with E-state index in [-0.39, 0.29) is 11.1 Å². The lowest BCUT2D eigenvalue weighted by Gasteiger charge is -2.37. The number of thioether (sulfide) groups is 1. The zero-order valence-electron chi connectivity index (χ0n) is 14.4. The number of guanidine groups is 1.